The minimum Gasteiger partial charge on any atom is -0.378 e. The van der Waals surface area contributed by atoms with Crippen molar-refractivity contribution in [3.05, 3.63) is 0 Å². The van der Waals surface area contributed by atoms with E-state index in [1.54, 1.807) is 0 Å². The van der Waals surface area contributed by atoms with E-state index in [-0.39, 0.29) is 11.8 Å². The molecule has 1 atom stereocenters. The molecule has 1 rings (SSSR count). The van der Waals surface area contributed by atoms with Gasteiger partial charge in [0.05, 0.1) is 6.10 Å². The molecule has 0 saturated heterocycles. The normalized spacial score (nSPS) is 23.8. The van der Waals surface area contributed by atoms with Gasteiger partial charge in [-0.05, 0) is 44.9 Å². The predicted octanol–water partition coefficient (Wildman–Crippen LogP) is 3.00. The number of nitrogens with one attached hydrogen (secondary N) is 1. The van der Waals surface area contributed by atoms with Gasteiger partial charge in [-0.3, -0.25) is 4.79 Å². The summed E-state index contributed by atoms with van der Waals surface area (Å²) in [5, 5.41) is 3.05. The summed E-state index contributed by atoms with van der Waals surface area (Å²) in [5.41, 5.74) is 5.88. The van der Waals surface area contributed by atoms with Crippen LogP contribution in [0.4, 0.5) is 0 Å². The summed E-state index contributed by atoms with van der Waals surface area (Å²) in [7, 11) is 0. The summed E-state index contributed by atoms with van der Waals surface area (Å²) >= 11 is 0. The molecule has 0 aromatic heterocycles. The predicted molar refractivity (Wildman–Crippen MR) is 87.1 cm³/mol. The maximum Gasteiger partial charge on any atom is 0.223 e. The van der Waals surface area contributed by atoms with E-state index in [9.17, 15) is 4.79 Å². The molecule has 0 aliphatic heterocycles. The Hall–Kier alpha value is -0.610. The Morgan fingerprint density at radius 1 is 1.24 bits per heavy atom. The van der Waals surface area contributed by atoms with Crippen LogP contribution in [0.1, 0.15) is 71.6 Å². The lowest BCUT2D eigenvalue weighted by Gasteiger charge is -2.26. The monoisotopic (exact) mass is 298 g/mol. The van der Waals surface area contributed by atoms with E-state index < -0.39 is 0 Å². The van der Waals surface area contributed by atoms with Gasteiger partial charge in [0.1, 0.15) is 0 Å². The van der Waals surface area contributed by atoms with E-state index in [0.717, 1.165) is 70.9 Å². The van der Waals surface area contributed by atoms with Crippen LogP contribution in [0.3, 0.4) is 0 Å². The maximum atomic E-state index is 12.0. The Kier molecular flexibility index (Phi) is 9.68. The minimum absolute atomic E-state index is 0.186. The van der Waals surface area contributed by atoms with Crippen molar-refractivity contribution in [2.24, 2.45) is 11.7 Å². The molecule has 1 unspecified atom stereocenters. The maximum absolute atomic E-state index is 12.0. The second kappa shape index (κ2) is 11.0. The average molecular weight is 298 g/mol. The first kappa shape index (κ1) is 18.4. The van der Waals surface area contributed by atoms with Crippen LogP contribution in [0, 0.1) is 5.92 Å². The molecule has 0 heterocycles. The van der Waals surface area contributed by atoms with Crippen molar-refractivity contribution < 1.29 is 9.53 Å². The van der Waals surface area contributed by atoms with Crippen LogP contribution in [0.5, 0.6) is 0 Å². The highest BCUT2D eigenvalue weighted by atomic mass is 16.5. The molecule has 4 nitrogen and oxygen atoms in total. The zero-order valence-electron chi connectivity index (χ0n) is 13.9. The van der Waals surface area contributed by atoms with Crippen LogP contribution in [0.25, 0.3) is 0 Å². The summed E-state index contributed by atoms with van der Waals surface area (Å²) < 4.78 is 5.86. The average Bonchev–Trinajstić information content (AvgIpc) is 2.49. The molecule has 1 fully saturated rings. The van der Waals surface area contributed by atoms with Gasteiger partial charge in [0.25, 0.3) is 0 Å². The first-order valence-corrected chi connectivity index (χ1v) is 8.82. The highest BCUT2D eigenvalue weighted by molar-refractivity contribution is 5.78. The zero-order valence-corrected chi connectivity index (χ0v) is 13.9. The molecule has 0 bridgehead atoms. The molecular weight excluding hydrogens is 264 g/mol. The second-order valence-corrected chi connectivity index (χ2v) is 6.30. The lowest BCUT2D eigenvalue weighted by molar-refractivity contribution is -0.125. The van der Waals surface area contributed by atoms with Gasteiger partial charge in [-0.2, -0.15) is 0 Å². The molecule has 124 valence electrons. The van der Waals surface area contributed by atoms with Crippen LogP contribution in [-0.4, -0.2) is 31.2 Å². The Morgan fingerprint density at radius 2 is 1.95 bits per heavy atom. The zero-order chi connectivity index (χ0) is 15.5. The Bertz CT molecular complexity index is 276. The van der Waals surface area contributed by atoms with Crippen molar-refractivity contribution >= 4 is 5.91 Å². The molecule has 4 heteroatoms. The number of carbonyl (C=O) groups is 1. The standard InChI is InChI=1S/C17H34N2O2/c1-3-5-7-14(4-2)17(20)19-12-6-13-21-16-10-8-15(18)9-11-16/h14-16H,3-13,18H2,1-2H3,(H,19,20). The number of nitrogens with two attached hydrogens (primary N) is 1. The summed E-state index contributed by atoms with van der Waals surface area (Å²) in [4.78, 5) is 12.0. The number of ether oxygens (including phenoxy) is 1. The van der Waals surface area contributed by atoms with Crippen molar-refractivity contribution in [2.45, 2.75) is 83.8 Å². The summed E-state index contributed by atoms with van der Waals surface area (Å²) in [6.07, 6.45) is 9.86. The molecule has 1 saturated carbocycles. The van der Waals surface area contributed by atoms with Gasteiger partial charge in [0.15, 0.2) is 0 Å². The summed E-state index contributed by atoms with van der Waals surface area (Å²) in [6.45, 7) is 5.73. The van der Waals surface area contributed by atoms with Gasteiger partial charge in [-0.25, -0.2) is 0 Å². The molecular formula is C17H34N2O2. The van der Waals surface area contributed by atoms with Crippen molar-refractivity contribution in [2.75, 3.05) is 13.2 Å². The second-order valence-electron chi connectivity index (χ2n) is 6.30. The Morgan fingerprint density at radius 3 is 2.57 bits per heavy atom. The fraction of sp³-hybridized carbons (Fsp3) is 0.941. The first-order valence-electron chi connectivity index (χ1n) is 8.82. The van der Waals surface area contributed by atoms with E-state index in [1.807, 2.05) is 0 Å². The number of amides is 1. The molecule has 1 aliphatic carbocycles. The largest absolute Gasteiger partial charge is 0.378 e. The quantitative estimate of drug-likeness (QED) is 0.609. The van der Waals surface area contributed by atoms with Crippen molar-refractivity contribution in [3.63, 3.8) is 0 Å². The molecule has 0 spiro atoms. The van der Waals surface area contributed by atoms with Gasteiger partial charge in [0, 0.05) is 25.1 Å². The minimum atomic E-state index is 0.186. The SMILES string of the molecule is CCCCC(CC)C(=O)NCCCOC1CCC(N)CC1. The van der Waals surface area contributed by atoms with E-state index in [2.05, 4.69) is 19.2 Å². The number of hydrogen-bond donors (Lipinski definition) is 2. The van der Waals surface area contributed by atoms with E-state index in [1.165, 1.54) is 0 Å². The number of carbonyl (C=O) groups excluding carboxylic acids is 1. The van der Waals surface area contributed by atoms with E-state index in [4.69, 9.17) is 10.5 Å². The molecule has 3 N–H and O–H groups in total. The third kappa shape index (κ3) is 7.82. The fourth-order valence-corrected chi connectivity index (χ4v) is 2.90. The van der Waals surface area contributed by atoms with Crippen LogP contribution in [0.2, 0.25) is 0 Å². The molecule has 21 heavy (non-hydrogen) atoms. The fourth-order valence-electron chi connectivity index (χ4n) is 2.90. The number of hydrogen-bond acceptors (Lipinski definition) is 3. The van der Waals surface area contributed by atoms with Gasteiger partial charge >= 0.3 is 0 Å². The molecule has 0 radical (unpaired) electrons. The Labute approximate surface area is 130 Å². The summed E-state index contributed by atoms with van der Waals surface area (Å²) in [5.74, 6) is 0.403. The number of unbranched alkanes of at least 4 members (excludes halogenated alkanes) is 1. The van der Waals surface area contributed by atoms with Gasteiger partial charge in [0.2, 0.25) is 5.91 Å². The van der Waals surface area contributed by atoms with Crippen molar-refractivity contribution in [3.8, 4) is 0 Å². The van der Waals surface area contributed by atoms with Gasteiger partial charge in [-0.1, -0.05) is 26.7 Å². The van der Waals surface area contributed by atoms with Gasteiger partial charge in [-0.15, -0.1) is 0 Å². The molecule has 0 aromatic rings. The van der Waals surface area contributed by atoms with Gasteiger partial charge < -0.3 is 15.8 Å². The molecule has 1 aliphatic rings. The third-order valence-electron chi connectivity index (χ3n) is 4.46. The summed E-state index contributed by atoms with van der Waals surface area (Å²) in [6, 6.07) is 0.373. The Balaban J connectivity index is 2.03. The number of rotatable bonds is 10. The highest BCUT2D eigenvalue weighted by Crippen LogP contribution is 2.19. The highest BCUT2D eigenvalue weighted by Gasteiger charge is 2.18. The smallest absolute Gasteiger partial charge is 0.223 e. The van der Waals surface area contributed by atoms with Crippen LogP contribution in [-0.2, 0) is 9.53 Å². The van der Waals surface area contributed by atoms with E-state index >= 15 is 0 Å². The molecule has 1 amide bonds. The first-order chi connectivity index (χ1) is 10.2. The van der Waals surface area contributed by atoms with Crippen molar-refractivity contribution in [1.29, 1.82) is 0 Å². The lowest BCUT2D eigenvalue weighted by Crippen LogP contribution is -2.33. The van der Waals surface area contributed by atoms with Crippen molar-refractivity contribution in [1.82, 2.24) is 5.32 Å². The lowest BCUT2D eigenvalue weighted by atomic mass is 9.94. The van der Waals surface area contributed by atoms with Crippen LogP contribution in [0.15, 0.2) is 0 Å². The van der Waals surface area contributed by atoms with Crippen LogP contribution < -0.4 is 11.1 Å². The third-order valence-corrected chi connectivity index (χ3v) is 4.46. The van der Waals surface area contributed by atoms with Crippen LogP contribution >= 0.6 is 0 Å². The molecule has 0 aromatic carbocycles. The topological polar surface area (TPSA) is 64.3 Å². The van der Waals surface area contributed by atoms with E-state index in [0.29, 0.717) is 12.1 Å².